The molecule has 10 heteroatoms. The van der Waals surface area contributed by atoms with Crippen LogP contribution in [-0.2, 0) is 18.9 Å². The summed E-state index contributed by atoms with van der Waals surface area (Å²) in [6.45, 7) is 0.948. The molecule has 6 N–H and O–H groups in total. The van der Waals surface area contributed by atoms with Gasteiger partial charge in [-0.25, -0.2) is 0 Å². The van der Waals surface area contributed by atoms with Crippen LogP contribution in [0.1, 0.15) is 6.92 Å². The third-order valence-electron chi connectivity index (χ3n) is 4.16. The minimum Gasteiger partial charge on any atom is -0.394 e. The number of hydrogen-bond donors (Lipinski definition) is 6. The number of methoxy groups -OCH3 is 1. The summed E-state index contributed by atoms with van der Waals surface area (Å²) in [7, 11) is 1.28. The highest BCUT2D eigenvalue weighted by Gasteiger charge is 2.49. The van der Waals surface area contributed by atoms with Crippen molar-refractivity contribution < 1.29 is 49.6 Å². The summed E-state index contributed by atoms with van der Waals surface area (Å²) in [4.78, 5) is 0. The number of aliphatic hydroxyl groups is 6. The Balaban J connectivity index is 2.10. The first kappa shape index (κ1) is 18.9. The first-order valence-electron chi connectivity index (χ1n) is 7.32. The van der Waals surface area contributed by atoms with Crippen molar-refractivity contribution in [1.82, 2.24) is 0 Å². The van der Waals surface area contributed by atoms with Gasteiger partial charge in [-0.15, -0.1) is 0 Å². The number of rotatable bonds is 4. The summed E-state index contributed by atoms with van der Waals surface area (Å²) in [5, 5.41) is 58.5. The predicted molar refractivity (Wildman–Crippen MR) is 72.0 cm³/mol. The fourth-order valence-electron chi connectivity index (χ4n) is 2.67. The van der Waals surface area contributed by atoms with E-state index in [4.69, 9.17) is 24.1 Å². The van der Waals surface area contributed by atoms with Crippen LogP contribution >= 0.6 is 0 Å². The zero-order valence-corrected chi connectivity index (χ0v) is 12.8. The van der Waals surface area contributed by atoms with E-state index in [9.17, 15) is 25.5 Å². The topological polar surface area (TPSA) is 158 Å². The first-order valence-corrected chi connectivity index (χ1v) is 7.32. The monoisotopic (exact) mass is 340 g/mol. The van der Waals surface area contributed by atoms with Gasteiger partial charge in [-0.3, -0.25) is 0 Å². The molecule has 0 saturated carbocycles. The van der Waals surface area contributed by atoms with E-state index in [1.165, 1.54) is 14.0 Å². The highest BCUT2D eigenvalue weighted by molar-refractivity contribution is 4.92. The lowest BCUT2D eigenvalue weighted by atomic mass is 9.97. The molecule has 23 heavy (non-hydrogen) atoms. The van der Waals surface area contributed by atoms with Crippen LogP contribution in [0.15, 0.2) is 0 Å². The molecule has 0 aromatic rings. The van der Waals surface area contributed by atoms with E-state index in [1.807, 2.05) is 0 Å². The van der Waals surface area contributed by atoms with Crippen molar-refractivity contribution in [2.45, 2.75) is 68.3 Å². The zero-order chi connectivity index (χ0) is 17.3. The van der Waals surface area contributed by atoms with E-state index in [0.717, 1.165) is 0 Å². The molecule has 10 nitrogen and oxygen atoms in total. The quantitative estimate of drug-likeness (QED) is 0.300. The number of aliphatic hydroxyl groups excluding tert-OH is 6. The summed E-state index contributed by atoms with van der Waals surface area (Å²) >= 11 is 0. The van der Waals surface area contributed by atoms with Crippen LogP contribution in [0, 0.1) is 0 Å². The van der Waals surface area contributed by atoms with Crippen molar-refractivity contribution in [3.8, 4) is 0 Å². The molecule has 0 aromatic carbocycles. The molecule has 0 aromatic heterocycles. The van der Waals surface area contributed by atoms with Gasteiger partial charge in [-0.05, 0) is 6.92 Å². The van der Waals surface area contributed by atoms with Gasteiger partial charge < -0.3 is 49.6 Å². The van der Waals surface area contributed by atoms with Crippen LogP contribution in [0.4, 0.5) is 0 Å². The molecular weight excluding hydrogens is 316 g/mol. The smallest absolute Gasteiger partial charge is 0.187 e. The molecule has 136 valence electrons. The Morgan fingerprint density at radius 3 is 2.04 bits per heavy atom. The summed E-state index contributed by atoms with van der Waals surface area (Å²) in [6.07, 6.45) is -12.9. The molecule has 0 radical (unpaired) electrons. The van der Waals surface area contributed by atoms with Gasteiger partial charge in [0.15, 0.2) is 12.6 Å². The molecule has 2 aliphatic rings. The number of hydrogen-bond acceptors (Lipinski definition) is 10. The Morgan fingerprint density at radius 1 is 0.826 bits per heavy atom. The maximum atomic E-state index is 10.1. The normalized spacial score (nSPS) is 51.7. The molecule has 0 bridgehead atoms. The van der Waals surface area contributed by atoms with Crippen molar-refractivity contribution in [3.05, 3.63) is 0 Å². The molecule has 2 rings (SSSR count). The Labute approximate surface area is 132 Å². The SMILES string of the molecule is CO[C@@H]1OC(CO)[C@H](O)[C@H](O)C1O[C@@H]1OC(C)[C@H](O)[C@@H](O)C1O. The van der Waals surface area contributed by atoms with E-state index in [-0.39, 0.29) is 0 Å². The van der Waals surface area contributed by atoms with Crippen molar-refractivity contribution in [3.63, 3.8) is 0 Å². The van der Waals surface area contributed by atoms with E-state index in [2.05, 4.69) is 0 Å². The standard InChI is InChI=1S/C13H24O10/c1-4-6(15)8(17)10(19)12(21-4)23-11-9(18)7(16)5(3-14)22-13(11)20-2/h4-19H,3H2,1-2H3/t4?,5?,6-,7-,8+,9-,10?,11?,12-,13+/m0/s1. The van der Waals surface area contributed by atoms with Crippen molar-refractivity contribution >= 4 is 0 Å². The number of ether oxygens (including phenoxy) is 4. The van der Waals surface area contributed by atoms with Gasteiger partial charge in [0, 0.05) is 7.11 Å². The van der Waals surface area contributed by atoms with Gasteiger partial charge in [-0.1, -0.05) is 0 Å². The highest BCUT2D eigenvalue weighted by Crippen LogP contribution is 2.29. The Kier molecular flexibility index (Phi) is 6.30. The summed E-state index contributed by atoms with van der Waals surface area (Å²) < 4.78 is 21.0. The van der Waals surface area contributed by atoms with Crippen molar-refractivity contribution in [2.24, 2.45) is 0 Å². The lowest BCUT2D eigenvalue weighted by Gasteiger charge is -2.45. The second-order valence-corrected chi connectivity index (χ2v) is 5.72. The minimum atomic E-state index is -1.57. The average molecular weight is 340 g/mol. The largest absolute Gasteiger partial charge is 0.394 e. The second kappa shape index (κ2) is 7.66. The summed E-state index contributed by atoms with van der Waals surface area (Å²) in [6, 6.07) is 0. The van der Waals surface area contributed by atoms with E-state index >= 15 is 0 Å². The van der Waals surface area contributed by atoms with Crippen LogP contribution in [0.3, 0.4) is 0 Å². The van der Waals surface area contributed by atoms with Crippen molar-refractivity contribution in [1.29, 1.82) is 0 Å². The predicted octanol–water partition coefficient (Wildman–Crippen LogP) is -3.72. The molecule has 10 atom stereocenters. The molecule has 2 fully saturated rings. The molecule has 0 amide bonds. The molecule has 2 heterocycles. The second-order valence-electron chi connectivity index (χ2n) is 5.72. The van der Waals surface area contributed by atoms with Gasteiger partial charge in [0.05, 0.1) is 12.7 Å². The third-order valence-corrected chi connectivity index (χ3v) is 4.16. The molecule has 2 saturated heterocycles. The fourth-order valence-corrected chi connectivity index (χ4v) is 2.67. The average Bonchev–Trinajstić information content (AvgIpc) is 2.54. The van der Waals surface area contributed by atoms with Gasteiger partial charge in [0.1, 0.15) is 42.7 Å². The van der Waals surface area contributed by atoms with Crippen LogP contribution < -0.4 is 0 Å². The van der Waals surface area contributed by atoms with E-state index < -0.39 is 68.0 Å². The van der Waals surface area contributed by atoms with Gasteiger partial charge in [0.25, 0.3) is 0 Å². The minimum absolute atomic E-state index is 0.532. The maximum absolute atomic E-state index is 10.1. The lowest BCUT2D eigenvalue weighted by Crippen LogP contribution is -2.64. The summed E-state index contributed by atoms with van der Waals surface area (Å²) in [5.74, 6) is 0. The van der Waals surface area contributed by atoms with Crippen LogP contribution in [0.5, 0.6) is 0 Å². The molecule has 0 aliphatic carbocycles. The van der Waals surface area contributed by atoms with Crippen molar-refractivity contribution in [2.75, 3.05) is 13.7 Å². The van der Waals surface area contributed by atoms with Gasteiger partial charge in [-0.2, -0.15) is 0 Å². The van der Waals surface area contributed by atoms with Crippen LogP contribution in [0.2, 0.25) is 0 Å². The molecule has 2 aliphatic heterocycles. The fraction of sp³-hybridized carbons (Fsp3) is 1.00. The van der Waals surface area contributed by atoms with E-state index in [0.29, 0.717) is 0 Å². The third kappa shape index (κ3) is 3.66. The zero-order valence-electron chi connectivity index (χ0n) is 12.8. The van der Waals surface area contributed by atoms with Crippen LogP contribution in [-0.4, -0.2) is 106 Å². The molecule has 0 spiro atoms. The van der Waals surface area contributed by atoms with Crippen LogP contribution in [0.25, 0.3) is 0 Å². The Bertz CT molecular complexity index is 380. The molecular formula is C13H24O10. The maximum Gasteiger partial charge on any atom is 0.187 e. The van der Waals surface area contributed by atoms with Gasteiger partial charge in [0.2, 0.25) is 0 Å². The lowest BCUT2D eigenvalue weighted by molar-refractivity contribution is -0.361. The first-order chi connectivity index (χ1) is 10.8. The van der Waals surface area contributed by atoms with Gasteiger partial charge >= 0.3 is 0 Å². The Morgan fingerprint density at radius 2 is 1.48 bits per heavy atom. The highest BCUT2D eigenvalue weighted by atomic mass is 16.8. The van der Waals surface area contributed by atoms with E-state index in [1.54, 1.807) is 0 Å². The molecule has 4 unspecified atom stereocenters. The Hall–Kier alpha value is -0.400. The summed E-state index contributed by atoms with van der Waals surface area (Å²) in [5.41, 5.74) is 0.